The molecule has 0 aliphatic rings. The smallest absolute Gasteiger partial charge is 0.134 e. The van der Waals surface area contributed by atoms with Crippen LogP contribution in [0.1, 0.15) is 6.42 Å². The van der Waals surface area contributed by atoms with Gasteiger partial charge in [0.15, 0.2) is 0 Å². The zero-order chi connectivity index (χ0) is 9.68. The quantitative estimate of drug-likeness (QED) is 0.563. The fraction of sp³-hybridized carbons (Fsp3) is 0.333. The molecule has 0 aliphatic carbocycles. The molecule has 1 aromatic rings. The van der Waals surface area contributed by atoms with Crippen molar-refractivity contribution in [1.82, 2.24) is 0 Å². The topological polar surface area (TPSA) is 9.23 Å². The first-order valence-corrected chi connectivity index (χ1v) is 6.58. The molecule has 13 heavy (non-hydrogen) atoms. The van der Waals surface area contributed by atoms with Crippen molar-refractivity contribution < 1.29 is 4.74 Å². The number of benzene rings is 1. The van der Waals surface area contributed by atoms with Crippen LogP contribution in [0.5, 0.6) is 5.75 Å². The van der Waals surface area contributed by atoms with E-state index in [4.69, 9.17) is 4.74 Å². The molecule has 0 bridgehead atoms. The van der Waals surface area contributed by atoms with Crippen molar-refractivity contribution in [2.75, 3.05) is 11.9 Å². The average Bonchev–Trinajstić information content (AvgIpc) is 2.11. The van der Waals surface area contributed by atoms with E-state index in [9.17, 15) is 0 Å². The predicted octanol–water partition coefficient (Wildman–Crippen LogP) is 4.38. The van der Waals surface area contributed by atoms with E-state index >= 15 is 0 Å². The normalized spacial score (nSPS) is 10.1. The van der Waals surface area contributed by atoms with Crippen molar-refractivity contribution in [1.29, 1.82) is 0 Å². The highest BCUT2D eigenvalue weighted by Crippen LogP contribution is 2.28. The third-order valence-electron chi connectivity index (χ3n) is 1.43. The number of halogens is 3. The number of rotatable bonds is 4. The Hall–Kier alpha value is 0.460. The molecule has 0 saturated heterocycles. The van der Waals surface area contributed by atoms with Gasteiger partial charge in [-0.3, -0.25) is 0 Å². The maximum Gasteiger partial charge on any atom is 0.134 e. The summed E-state index contributed by atoms with van der Waals surface area (Å²) < 4.78 is 7.57. The molecule has 0 N–H and O–H groups in total. The van der Waals surface area contributed by atoms with Crippen LogP contribution >= 0.6 is 47.8 Å². The summed E-state index contributed by atoms with van der Waals surface area (Å²) in [5.41, 5.74) is 0. The minimum atomic E-state index is 0.736. The second-order valence-electron chi connectivity index (χ2n) is 2.47. The number of hydrogen-bond acceptors (Lipinski definition) is 1. The Bertz CT molecular complexity index is 276. The highest BCUT2D eigenvalue weighted by atomic mass is 79.9. The highest BCUT2D eigenvalue weighted by molar-refractivity contribution is 9.11. The van der Waals surface area contributed by atoms with Crippen LogP contribution in [0.25, 0.3) is 0 Å². The number of hydrogen-bond donors (Lipinski definition) is 0. The van der Waals surface area contributed by atoms with Crippen molar-refractivity contribution in [3.8, 4) is 5.75 Å². The summed E-state index contributed by atoms with van der Waals surface area (Å²) in [4.78, 5) is 0. The van der Waals surface area contributed by atoms with Crippen molar-refractivity contribution in [3.05, 3.63) is 27.1 Å². The average molecular weight is 373 g/mol. The molecule has 0 radical (unpaired) electrons. The summed E-state index contributed by atoms with van der Waals surface area (Å²) in [5.74, 6) is 0.885. The summed E-state index contributed by atoms with van der Waals surface area (Å²) in [6.45, 7) is 0.736. The van der Waals surface area contributed by atoms with E-state index < -0.39 is 0 Å². The first kappa shape index (κ1) is 11.5. The van der Waals surface area contributed by atoms with Gasteiger partial charge < -0.3 is 4.74 Å². The molecule has 72 valence electrons. The predicted molar refractivity (Wildman–Crippen MR) is 65.7 cm³/mol. The first-order chi connectivity index (χ1) is 6.24. The van der Waals surface area contributed by atoms with Gasteiger partial charge in [-0.1, -0.05) is 31.9 Å². The van der Waals surface area contributed by atoms with Gasteiger partial charge in [-0.15, -0.1) is 0 Å². The Morgan fingerprint density at radius 3 is 2.69 bits per heavy atom. The molecule has 0 aromatic heterocycles. The van der Waals surface area contributed by atoms with E-state index in [2.05, 4.69) is 47.8 Å². The lowest BCUT2D eigenvalue weighted by Gasteiger charge is -2.07. The van der Waals surface area contributed by atoms with Gasteiger partial charge in [0, 0.05) is 9.80 Å². The van der Waals surface area contributed by atoms with Crippen LogP contribution in [-0.2, 0) is 0 Å². The van der Waals surface area contributed by atoms with Gasteiger partial charge in [-0.05, 0) is 40.5 Å². The largest absolute Gasteiger partial charge is 0.492 e. The Balaban J connectivity index is 2.59. The molecule has 0 unspecified atom stereocenters. The summed E-state index contributed by atoms with van der Waals surface area (Å²) in [5, 5.41) is 0.971. The van der Waals surface area contributed by atoms with E-state index in [1.165, 1.54) is 0 Å². The molecular formula is C9H9Br3O. The summed E-state index contributed by atoms with van der Waals surface area (Å²) in [7, 11) is 0. The van der Waals surface area contributed by atoms with Gasteiger partial charge in [0.1, 0.15) is 5.75 Å². The lowest BCUT2D eigenvalue weighted by atomic mass is 10.3. The van der Waals surface area contributed by atoms with E-state index in [-0.39, 0.29) is 0 Å². The zero-order valence-corrected chi connectivity index (χ0v) is 11.7. The lowest BCUT2D eigenvalue weighted by molar-refractivity contribution is 0.317. The standard InChI is InChI=1S/C9H9Br3O/c10-4-1-5-13-9-6-7(11)2-3-8(9)12/h2-3,6H,1,4-5H2. The maximum absolute atomic E-state index is 5.55. The summed E-state index contributed by atoms with van der Waals surface area (Å²) >= 11 is 10.2. The van der Waals surface area contributed by atoms with Gasteiger partial charge in [0.25, 0.3) is 0 Å². The molecule has 0 heterocycles. The molecule has 0 saturated carbocycles. The molecule has 0 spiro atoms. The molecule has 0 fully saturated rings. The van der Waals surface area contributed by atoms with Crippen molar-refractivity contribution in [2.45, 2.75) is 6.42 Å². The fourth-order valence-corrected chi connectivity index (χ4v) is 1.75. The molecule has 4 heteroatoms. The van der Waals surface area contributed by atoms with Crippen LogP contribution in [-0.4, -0.2) is 11.9 Å². The van der Waals surface area contributed by atoms with Crippen molar-refractivity contribution in [3.63, 3.8) is 0 Å². The second kappa shape index (κ2) is 6.04. The van der Waals surface area contributed by atoms with Crippen LogP contribution in [0.4, 0.5) is 0 Å². The van der Waals surface area contributed by atoms with E-state index in [0.29, 0.717) is 0 Å². The third-order valence-corrected chi connectivity index (χ3v) is 3.14. The summed E-state index contributed by atoms with van der Waals surface area (Å²) in [6.07, 6.45) is 1.01. The van der Waals surface area contributed by atoms with Crippen molar-refractivity contribution >= 4 is 47.8 Å². The lowest BCUT2D eigenvalue weighted by Crippen LogP contribution is -1.98. The highest BCUT2D eigenvalue weighted by Gasteiger charge is 2.00. The van der Waals surface area contributed by atoms with Crippen LogP contribution in [0.2, 0.25) is 0 Å². The van der Waals surface area contributed by atoms with Gasteiger partial charge >= 0.3 is 0 Å². The molecule has 0 amide bonds. The maximum atomic E-state index is 5.55. The van der Waals surface area contributed by atoms with Gasteiger partial charge in [0.05, 0.1) is 11.1 Å². The van der Waals surface area contributed by atoms with Crippen LogP contribution < -0.4 is 4.74 Å². The molecular weight excluding hydrogens is 364 g/mol. The molecule has 0 atom stereocenters. The number of ether oxygens (including phenoxy) is 1. The second-order valence-corrected chi connectivity index (χ2v) is 5.03. The minimum absolute atomic E-state index is 0.736. The Morgan fingerprint density at radius 1 is 1.23 bits per heavy atom. The van der Waals surface area contributed by atoms with Gasteiger partial charge in [-0.25, -0.2) is 0 Å². The monoisotopic (exact) mass is 370 g/mol. The SMILES string of the molecule is BrCCCOc1cc(Br)ccc1Br. The van der Waals surface area contributed by atoms with Crippen LogP contribution in [0.3, 0.4) is 0 Å². The van der Waals surface area contributed by atoms with Crippen molar-refractivity contribution in [2.24, 2.45) is 0 Å². The van der Waals surface area contributed by atoms with E-state index in [0.717, 1.165) is 33.1 Å². The molecule has 0 aliphatic heterocycles. The third kappa shape index (κ3) is 4.00. The molecule has 1 nitrogen and oxygen atoms in total. The Kier molecular flexibility index (Phi) is 5.36. The molecule has 1 rings (SSSR count). The first-order valence-electron chi connectivity index (χ1n) is 3.88. The number of alkyl halides is 1. The van der Waals surface area contributed by atoms with E-state index in [1.807, 2.05) is 18.2 Å². The van der Waals surface area contributed by atoms with Gasteiger partial charge in [0.2, 0.25) is 0 Å². The Morgan fingerprint density at radius 2 is 2.00 bits per heavy atom. The van der Waals surface area contributed by atoms with Gasteiger partial charge in [-0.2, -0.15) is 0 Å². The van der Waals surface area contributed by atoms with Crippen LogP contribution in [0, 0.1) is 0 Å². The summed E-state index contributed by atoms with van der Waals surface area (Å²) in [6, 6.07) is 5.90. The Labute approximate surface area is 103 Å². The zero-order valence-electron chi connectivity index (χ0n) is 6.90. The molecule has 1 aromatic carbocycles. The van der Waals surface area contributed by atoms with Crippen LogP contribution in [0.15, 0.2) is 27.1 Å². The minimum Gasteiger partial charge on any atom is -0.492 e. The fourth-order valence-electron chi connectivity index (χ4n) is 0.824. The van der Waals surface area contributed by atoms with E-state index in [1.54, 1.807) is 0 Å².